The number of hydrogen-bond acceptors (Lipinski definition) is 4. The number of nitrogens with zero attached hydrogens (tertiary/aromatic N) is 5. The van der Waals surface area contributed by atoms with Crippen LogP contribution in [-0.2, 0) is 6.54 Å². The minimum atomic E-state index is 0.184. The monoisotopic (exact) mass is 367 g/mol. The van der Waals surface area contributed by atoms with Crippen molar-refractivity contribution in [1.29, 1.82) is 0 Å². The molecule has 3 rings (SSSR count). The van der Waals surface area contributed by atoms with E-state index in [1.54, 1.807) is 0 Å². The Balaban J connectivity index is 1.98. The van der Waals surface area contributed by atoms with Crippen molar-refractivity contribution in [3.8, 4) is 0 Å². The molecule has 2 aromatic rings. The number of hydrogen-bond donors (Lipinski definition) is 0. The zero-order valence-electron chi connectivity index (χ0n) is 14.6. The van der Waals surface area contributed by atoms with Crippen LogP contribution in [0.2, 0.25) is 10.3 Å². The van der Waals surface area contributed by atoms with Crippen molar-refractivity contribution in [2.75, 3.05) is 11.4 Å². The SMILES string of the molecule is Cc1nc(Cl)cc(N2CCCC2c2c(C)nn(CC(C)C)c2Cl)n1. The standard InChI is InChI=1S/C17H23Cl2N5/c1-10(2)9-24-17(19)16(11(3)22-24)13-6-5-7-23(13)15-8-14(18)20-12(4)21-15/h8,10,13H,5-7,9H2,1-4H3. The van der Waals surface area contributed by atoms with Gasteiger partial charge in [0.1, 0.15) is 21.9 Å². The highest BCUT2D eigenvalue weighted by Crippen LogP contribution is 2.40. The highest BCUT2D eigenvalue weighted by atomic mass is 35.5. The van der Waals surface area contributed by atoms with Gasteiger partial charge in [0.25, 0.3) is 0 Å². The molecule has 2 aromatic heterocycles. The van der Waals surface area contributed by atoms with Crippen molar-refractivity contribution in [3.05, 3.63) is 33.5 Å². The molecule has 5 nitrogen and oxygen atoms in total. The van der Waals surface area contributed by atoms with E-state index in [-0.39, 0.29) is 6.04 Å². The van der Waals surface area contributed by atoms with Gasteiger partial charge in [0.05, 0.1) is 11.7 Å². The van der Waals surface area contributed by atoms with Crippen LogP contribution in [0.5, 0.6) is 0 Å². The molecule has 1 atom stereocenters. The Labute approximate surface area is 153 Å². The Morgan fingerprint density at radius 1 is 1.25 bits per heavy atom. The van der Waals surface area contributed by atoms with Gasteiger partial charge in [-0.15, -0.1) is 0 Å². The molecule has 7 heteroatoms. The molecule has 0 aromatic carbocycles. The Hall–Kier alpha value is -1.33. The number of aryl methyl sites for hydroxylation is 2. The van der Waals surface area contributed by atoms with Gasteiger partial charge in [0, 0.05) is 24.7 Å². The summed E-state index contributed by atoms with van der Waals surface area (Å²) < 4.78 is 1.92. The fourth-order valence-corrected chi connectivity index (χ4v) is 4.01. The van der Waals surface area contributed by atoms with E-state index in [1.807, 2.05) is 24.6 Å². The first-order chi connectivity index (χ1) is 11.4. The minimum Gasteiger partial charge on any atom is -0.349 e. The lowest BCUT2D eigenvalue weighted by molar-refractivity contribution is 0.481. The second-order valence-corrected chi connectivity index (χ2v) is 7.56. The van der Waals surface area contributed by atoms with Gasteiger partial charge in [-0.05, 0) is 32.6 Å². The van der Waals surface area contributed by atoms with Gasteiger partial charge in [-0.2, -0.15) is 5.10 Å². The summed E-state index contributed by atoms with van der Waals surface area (Å²) in [5, 5.41) is 5.88. The minimum absolute atomic E-state index is 0.184. The van der Waals surface area contributed by atoms with Crippen molar-refractivity contribution >= 4 is 29.0 Å². The van der Waals surface area contributed by atoms with Crippen LogP contribution in [0, 0.1) is 19.8 Å². The average molecular weight is 368 g/mol. The van der Waals surface area contributed by atoms with Gasteiger partial charge in [0.15, 0.2) is 0 Å². The molecule has 1 aliphatic rings. The fraction of sp³-hybridized carbons (Fsp3) is 0.588. The van der Waals surface area contributed by atoms with E-state index in [0.717, 1.165) is 48.2 Å². The summed E-state index contributed by atoms with van der Waals surface area (Å²) in [5.41, 5.74) is 2.11. The predicted octanol–water partition coefficient (Wildman–Crippen LogP) is 4.59. The van der Waals surface area contributed by atoms with Gasteiger partial charge >= 0.3 is 0 Å². The summed E-state index contributed by atoms with van der Waals surface area (Å²) in [6.07, 6.45) is 2.13. The molecule has 3 heterocycles. The summed E-state index contributed by atoms with van der Waals surface area (Å²) >= 11 is 12.8. The first kappa shape index (κ1) is 17.5. The average Bonchev–Trinajstić information content (AvgIpc) is 3.03. The van der Waals surface area contributed by atoms with E-state index in [1.165, 1.54) is 0 Å². The summed E-state index contributed by atoms with van der Waals surface area (Å²) in [6, 6.07) is 2.01. The zero-order valence-corrected chi connectivity index (χ0v) is 16.1. The van der Waals surface area contributed by atoms with Crippen LogP contribution in [0.4, 0.5) is 5.82 Å². The lowest BCUT2D eigenvalue weighted by atomic mass is 10.1. The van der Waals surface area contributed by atoms with E-state index in [0.29, 0.717) is 16.9 Å². The molecule has 0 amide bonds. The second-order valence-electron chi connectivity index (χ2n) is 6.81. The number of halogens is 2. The van der Waals surface area contributed by atoms with E-state index < -0.39 is 0 Å². The van der Waals surface area contributed by atoms with Crippen molar-refractivity contribution in [1.82, 2.24) is 19.7 Å². The van der Waals surface area contributed by atoms with Crippen molar-refractivity contribution < 1.29 is 0 Å². The zero-order chi connectivity index (χ0) is 17.4. The molecular formula is C17H23Cl2N5. The topological polar surface area (TPSA) is 46.8 Å². The Morgan fingerprint density at radius 3 is 2.67 bits per heavy atom. The van der Waals surface area contributed by atoms with E-state index in [4.69, 9.17) is 23.2 Å². The van der Waals surface area contributed by atoms with Crippen molar-refractivity contribution in [2.24, 2.45) is 5.92 Å². The molecule has 0 spiro atoms. The largest absolute Gasteiger partial charge is 0.349 e. The van der Waals surface area contributed by atoms with Crippen LogP contribution in [0.3, 0.4) is 0 Å². The van der Waals surface area contributed by atoms with Gasteiger partial charge in [-0.3, -0.25) is 4.68 Å². The molecule has 1 unspecified atom stereocenters. The maximum Gasteiger partial charge on any atom is 0.134 e. The van der Waals surface area contributed by atoms with Crippen LogP contribution >= 0.6 is 23.2 Å². The highest BCUT2D eigenvalue weighted by Gasteiger charge is 2.32. The molecule has 130 valence electrons. The van der Waals surface area contributed by atoms with Crippen molar-refractivity contribution in [2.45, 2.75) is 53.1 Å². The normalized spacial score (nSPS) is 18.0. The van der Waals surface area contributed by atoms with E-state index in [9.17, 15) is 0 Å². The molecule has 0 radical (unpaired) electrons. The molecule has 0 bridgehead atoms. The molecule has 1 saturated heterocycles. The molecular weight excluding hydrogens is 345 g/mol. The third-order valence-electron chi connectivity index (χ3n) is 4.32. The molecule has 1 aliphatic heterocycles. The van der Waals surface area contributed by atoms with Gasteiger partial charge in [-0.25, -0.2) is 9.97 Å². The molecule has 0 N–H and O–H groups in total. The number of rotatable bonds is 4. The maximum atomic E-state index is 6.68. The summed E-state index contributed by atoms with van der Waals surface area (Å²) in [7, 11) is 0. The molecule has 0 aliphatic carbocycles. The molecule has 24 heavy (non-hydrogen) atoms. The number of anilines is 1. The van der Waals surface area contributed by atoms with E-state index >= 15 is 0 Å². The Kier molecular flexibility index (Phi) is 5.02. The second kappa shape index (κ2) is 6.89. The van der Waals surface area contributed by atoms with Crippen LogP contribution in [0.25, 0.3) is 0 Å². The molecule has 1 fully saturated rings. The first-order valence-corrected chi connectivity index (χ1v) is 9.13. The third-order valence-corrected chi connectivity index (χ3v) is 4.91. The van der Waals surface area contributed by atoms with Crippen LogP contribution in [0.1, 0.15) is 49.8 Å². The summed E-state index contributed by atoms with van der Waals surface area (Å²) in [5.74, 6) is 2.04. The summed E-state index contributed by atoms with van der Waals surface area (Å²) in [6.45, 7) is 9.99. The van der Waals surface area contributed by atoms with Crippen LogP contribution in [0.15, 0.2) is 6.07 Å². The summed E-state index contributed by atoms with van der Waals surface area (Å²) in [4.78, 5) is 11.0. The third kappa shape index (κ3) is 3.38. The van der Waals surface area contributed by atoms with Crippen LogP contribution in [-0.4, -0.2) is 26.3 Å². The van der Waals surface area contributed by atoms with Gasteiger partial charge in [-0.1, -0.05) is 37.0 Å². The Bertz CT molecular complexity index is 721. The Morgan fingerprint density at radius 2 is 2.00 bits per heavy atom. The lowest BCUT2D eigenvalue weighted by Gasteiger charge is -2.26. The first-order valence-electron chi connectivity index (χ1n) is 8.37. The lowest BCUT2D eigenvalue weighted by Crippen LogP contribution is -2.24. The van der Waals surface area contributed by atoms with Crippen molar-refractivity contribution in [3.63, 3.8) is 0 Å². The van der Waals surface area contributed by atoms with Gasteiger partial charge in [0.2, 0.25) is 0 Å². The van der Waals surface area contributed by atoms with Crippen LogP contribution < -0.4 is 4.90 Å². The maximum absolute atomic E-state index is 6.68. The number of aromatic nitrogens is 4. The molecule has 0 saturated carbocycles. The fourth-order valence-electron chi connectivity index (χ4n) is 3.42. The van der Waals surface area contributed by atoms with E-state index in [2.05, 4.69) is 33.8 Å². The quantitative estimate of drug-likeness (QED) is 0.741. The highest BCUT2D eigenvalue weighted by molar-refractivity contribution is 6.30. The smallest absolute Gasteiger partial charge is 0.134 e. The predicted molar refractivity (Wildman–Crippen MR) is 97.9 cm³/mol. The van der Waals surface area contributed by atoms with Gasteiger partial charge < -0.3 is 4.90 Å².